The molecular weight excluding hydrogens is 586 g/mol. The molecule has 1 saturated heterocycles. The Morgan fingerprint density at radius 3 is 2.63 bits per heavy atom. The van der Waals surface area contributed by atoms with E-state index < -0.39 is 11.7 Å². The van der Waals surface area contributed by atoms with Crippen molar-refractivity contribution in [1.29, 1.82) is 0 Å². The standard InChI is InChI=1S/C34H37N7O5/c1-33(2,3)46-32(44)40-16-13-23(19-40)31(43)38-27-20-41-28(37-27)11-12-29(39-41)45-26-10-6-9-25(18-26)36-30(42)22-7-5-8-24(17-22)34(14-15-34)21-35-4/h5-12,17-18,20,23H,4,13-16,19,21H2,1-3H3,(H,36,42)(H,38,43). The fourth-order valence-electron chi connectivity index (χ4n) is 5.53. The molecule has 1 saturated carbocycles. The van der Waals surface area contributed by atoms with E-state index in [1.807, 2.05) is 39.0 Å². The van der Waals surface area contributed by atoms with Gasteiger partial charge in [-0.1, -0.05) is 18.2 Å². The summed E-state index contributed by atoms with van der Waals surface area (Å²) in [4.78, 5) is 48.4. The van der Waals surface area contributed by atoms with Crippen LogP contribution in [0.25, 0.3) is 5.65 Å². The van der Waals surface area contributed by atoms with Crippen molar-refractivity contribution in [1.82, 2.24) is 19.5 Å². The SMILES string of the molecule is C=NCC1(c2cccc(C(=O)Nc3cccc(Oc4ccc5nc(NC(=O)C6CCN(C(=O)OC(C)(C)C)C6)cn5n4)c3)c2)CC1. The van der Waals surface area contributed by atoms with Gasteiger partial charge < -0.3 is 30.0 Å². The van der Waals surface area contributed by atoms with Gasteiger partial charge in [-0.3, -0.25) is 9.59 Å². The molecule has 12 nitrogen and oxygen atoms in total. The number of aliphatic imine (C=N–C) groups is 1. The lowest BCUT2D eigenvalue weighted by Gasteiger charge is -2.24. The number of ether oxygens (including phenoxy) is 2. The fourth-order valence-corrected chi connectivity index (χ4v) is 5.53. The molecule has 0 spiro atoms. The molecule has 4 aromatic rings. The molecule has 2 aromatic heterocycles. The van der Waals surface area contributed by atoms with Gasteiger partial charge in [0, 0.05) is 48.4 Å². The molecule has 1 aliphatic carbocycles. The number of amides is 3. The summed E-state index contributed by atoms with van der Waals surface area (Å²) in [5.74, 6) is 0.310. The topological polar surface area (TPSA) is 140 Å². The van der Waals surface area contributed by atoms with E-state index in [-0.39, 0.29) is 29.7 Å². The highest BCUT2D eigenvalue weighted by Crippen LogP contribution is 2.48. The van der Waals surface area contributed by atoms with Gasteiger partial charge in [0.15, 0.2) is 11.5 Å². The molecular formula is C34H37N7O5. The third-order valence-electron chi connectivity index (χ3n) is 8.08. The van der Waals surface area contributed by atoms with Crippen LogP contribution >= 0.6 is 0 Å². The molecule has 46 heavy (non-hydrogen) atoms. The molecule has 0 radical (unpaired) electrons. The first-order chi connectivity index (χ1) is 22.0. The number of imidazole rings is 1. The van der Waals surface area contributed by atoms with E-state index in [4.69, 9.17) is 9.47 Å². The maximum absolute atomic E-state index is 13.1. The molecule has 6 rings (SSSR count). The van der Waals surface area contributed by atoms with Crippen molar-refractivity contribution in [2.24, 2.45) is 10.9 Å². The molecule has 2 aromatic carbocycles. The van der Waals surface area contributed by atoms with Crippen LogP contribution in [0, 0.1) is 5.92 Å². The van der Waals surface area contributed by atoms with E-state index in [0.29, 0.717) is 53.9 Å². The van der Waals surface area contributed by atoms with Crippen LogP contribution in [0.15, 0.2) is 71.9 Å². The zero-order valence-corrected chi connectivity index (χ0v) is 26.2. The number of nitrogens with one attached hydrogen (secondary N) is 2. The maximum atomic E-state index is 13.1. The van der Waals surface area contributed by atoms with Gasteiger partial charge in [0.1, 0.15) is 11.4 Å². The predicted molar refractivity (Wildman–Crippen MR) is 174 cm³/mol. The van der Waals surface area contributed by atoms with Crippen molar-refractivity contribution < 1.29 is 23.9 Å². The Morgan fingerprint density at radius 2 is 1.87 bits per heavy atom. The highest BCUT2D eigenvalue weighted by Gasteiger charge is 2.44. The molecule has 1 aliphatic heterocycles. The van der Waals surface area contributed by atoms with Gasteiger partial charge in [0.25, 0.3) is 5.91 Å². The van der Waals surface area contributed by atoms with Crippen LogP contribution in [-0.4, -0.2) is 69.4 Å². The van der Waals surface area contributed by atoms with Crippen LogP contribution in [0.5, 0.6) is 11.6 Å². The van der Waals surface area contributed by atoms with Crippen LogP contribution in [-0.2, 0) is 14.9 Å². The Labute approximate surface area is 266 Å². The van der Waals surface area contributed by atoms with Gasteiger partial charge in [0.2, 0.25) is 11.8 Å². The molecule has 2 fully saturated rings. The summed E-state index contributed by atoms with van der Waals surface area (Å²) >= 11 is 0. The van der Waals surface area contributed by atoms with E-state index >= 15 is 0 Å². The van der Waals surface area contributed by atoms with Gasteiger partial charge in [0.05, 0.1) is 12.1 Å². The van der Waals surface area contributed by atoms with Gasteiger partial charge in [-0.05, 0) is 82.6 Å². The maximum Gasteiger partial charge on any atom is 0.410 e. The normalized spacial score (nSPS) is 16.9. The number of benzene rings is 2. The second-order valence-corrected chi connectivity index (χ2v) is 12.8. The largest absolute Gasteiger partial charge is 0.444 e. The average Bonchev–Trinajstić information content (AvgIpc) is 3.42. The minimum absolute atomic E-state index is 0.00262. The van der Waals surface area contributed by atoms with Crippen molar-refractivity contribution in [3.05, 3.63) is 78.0 Å². The number of likely N-dealkylation sites (tertiary alicyclic amines) is 1. The van der Waals surface area contributed by atoms with Crippen molar-refractivity contribution in [3.8, 4) is 11.6 Å². The van der Waals surface area contributed by atoms with Crippen LogP contribution in [0.3, 0.4) is 0 Å². The van der Waals surface area contributed by atoms with Crippen LogP contribution in [0.2, 0.25) is 0 Å². The number of rotatable bonds is 9. The van der Waals surface area contributed by atoms with E-state index in [2.05, 4.69) is 32.4 Å². The third-order valence-corrected chi connectivity index (χ3v) is 8.08. The van der Waals surface area contributed by atoms with E-state index in [1.165, 1.54) is 4.52 Å². The molecule has 2 aliphatic rings. The van der Waals surface area contributed by atoms with Gasteiger partial charge in [-0.2, -0.15) is 0 Å². The Morgan fingerprint density at radius 1 is 1.07 bits per heavy atom. The van der Waals surface area contributed by atoms with Crippen LogP contribution in [0.1, 0.15) is 56.0 Å². The van der Waals surface area contributed by atoms with Gasteiger partial charge in [-0.25, -0.2) is 14.3 Å². The number of fused-ring (bicyclic) bond motifs is 1. The van der Waals surface area contributed by atoms with Crippen LogP contribution < -0.4 is 15.4 Å². The Kier molecular flexibility index (Phi) is 8.20. The molecule has 12 heteroatoms. The Bertz CT molecular complexity index is 1810. The molecule has 1 unspecified atom stereocenters. The zero-order valence-electron chi connectivity index (χ0n) is 26.2. The van der Waals surface area contributed by atoms with E-state index in [1.54, 1.807) is 53.6 Å². The first-order valence-electron chi connectivity index (χ1n) is 15.3. The highest BCUT2D eigenvalue weighted by atomic mass is 16.6. The fraction of sp³-hybridized carbons (Fsp3) is 0.353. The summed E-state index contributed by atoms with van der Waals surface area (Å²) in [7, 11) is 0. The summed E-state index contributed by atoms with van der Waals surface area (Å²) in [6.07, 6.45) is 3.80. The number of nitrogens with zero attached hydrogens (tertiary/aromatic N) is 5. The lowest BCUT2D eigenvalue weighted by atomic mass is 9.94. The second kappa shape index (κ2) is 12.3. The second-order valence-electron chi connectivity index (χ2n) is 12.8. The number of anilines is 2. The number of carbonyl (C=O) groups excluding carboxylic acids is 3. The number of aromatic nitrogens is 3. The summed E-state index contributed by atoms with van der Waals surface area (Å²) < 4.78 is 12.9. The Balaban J connectivity index is 1.07. The lowest BCUT2D eigenvalue weighted by Crippen LogP contribution is -2.36. The molecule has 1 atom stereocenters. The van der Waals surface area contributed by atoms with Crippen molar-refractivity contribution in [2.45, 2.75) is 51.0 Å². The first kappa shape index (κ1) is 30.8. The number of hydrogen-bond acceptors (Lipinski definition) is 8. The van der Waals surface area contributed by atoms with Crippen molar-refractivity contribution >= 4 is 41.8 Å². The van der Waals surface area contributed by atoms with E-state index in [0.717, 1.165) is 18.4 Å². The van der Waals surface area contributed by atoms with Crippen molar-refractivity contribution in [3.63, 3.8) is 0 Å². The summed E-state index contributed by atoms with van der Waals surface area (Å²) in [5.41, 5.74) is 2.18. The van der Waals surface area contributed by atoms with Crippen molar-refractivity contribution in [2.75, 3.05) is 30.3 Å². The summed E-state index contributed by atoms with van der Waals surface area (Å²) in [5, 5.41) is 10.3. The van der Waals surface area contributed by atoms with Gasteiger partial charge in [-0.15, -0.1) is 5.10 Å². The van der Waals surface area contributed by atoms with E-state index in [9.17, 15) is 14.4 Å². The first-order valence-corrected chi connectivity index (χ1v) is 15.3. The Hall–Kier alpha value is -5.26. The minimum atomic E-state index is -0.599. The quantitative estimate of drug-likeness (QED) is 0.228. The lowest BCUT2D eigenvalue weighted by molar-refractivity contribution is -0.119. The third kappa shape index (κ3) is 7.01. The average molecular weight is 624 g/mol. The number of hydrogen-bond donors (Lipinski definition) is 2. The summed E-state index contributed by atoms with van der Waals surface area (Å²) in [6.45, 7) is 10.5. The molecule has 3 amide bonds. The predicted octanol–water partition coefficient (Wildman–Crippen LogP) is 5.70. The minimum Gasteiger partial charge on any atom is -0.444 e. The molecule has 2 N–H and O–H groups in total. The monoisotopic (exact) mass is 623 g/mol. The molecule has 238 valence electrons. The van der Waals surface area contributed by atoms with Gasteiger partial charge >= 0.3 is 6.09 Å². The molecule has 3 heterocycles. The number of carbonyl (C=O) groups is 3. The zero-order chi connectivity index (χ0) is 32.5. The highest BCUT2D eigenvalue weighted by molar-refractivity contribution is 6.04. The van der Waals surface area contributed by atoms with Crippen LogP contribution in [0.4, 0.5) is 16.3 Å². The molecule has 0 bridgehead atoms. The summed E-state index contributed by atoms with van der Waals surface area (Å²) in [6, 6.07) is 18.1. The smallest absolute Gasteiger partial charge is 0.410 e.